The second-order valence-electron chi connectivity index (χ2n) is 3.03. The van der Waals surface area contributed by atoms with E-state index in [-0.39, 0.29) is 5.54 Å². The first kappa shape index (κ1) is 9.71. The summed E-state index contributed by atoms with van der Waals surface area (Å²) in [5, 5.41) is 2.03. The largest absolute Gasteiger partial charge is 0.379 e. The van der Waals surface area contributed by atoms with Gasteiger partial charge < -0.3 is 10.5 Å². The van der Waals surface area contributed by atoms with Crippen molar-refractivity contribution in [2.24, 2.45) is 5.73 Å². The van der Waals surface area contributed by atoms with Gasteiger partial charge in [-0.05, 0) is 25.3 Å². The third kappa shape index (κ3) is 2.30. The standard InChI is InChI=1S/C9H15NOS/c1-3-11-7-9(2,10)8-5-4-6-12-8/h4-6H,3,7,10H2,1-2H3. The van der Waals surface area contributed by atoms with Crippen molar-refractivity contribution >= 4 is 11.3 Å². The van der Waals surface area contributed by atoms with E-state index in [0.29, 0.717) is 6.61 Å². The number of ether oxygens (including phenoxy) is 1. The summed E-state index contributed by atoms with van der Waals surface area (Å²) in [5.74, 6) is 0. The Balaban J connectivity index is 2.59. The Bertz CT molecular complexity index is 218. The number of hydrogen-bond acceptors (Lipinski definition) is 3. The summed E-state index contributed by atoms with van der Waals surface area (Å²) in [6, 6.07) is 4.06. The Kier molecular flexibility index (Phi) is 3.26. The van der Waals surface area contributed by atoms with E-state index in [9.17, 15) is 0 Å². The number of hydrogen-bond donors (Lipinski definition) is 1. The molecule has 1 aromatic rings. The van der Waals surface area contributed by atoms with Crippen LogP contribution in [0.25, 0.3) is 0 Å². The second-order valence-corrected chi connectivity index (χ2v) is 3.98. The Morgan fingerprint density at radius 3 is 2.92 bits per heavy atom. The summed E-state index contributed by atoms with van der Waals surface area (Å²) >= 11 is 1.68. The minimum absolute atomic E-state index is 0.329. The maximum atomic E-state index is 6.05. The highest BCUT2D eigenvalue weighted by atomic mass is 32.1. The van der Waals surface area contributed by atoms with Crippen molar-refractivity contribution in [2.45, 2.75) is 19.4 Å². The highest BCUT2D eigenvalue weighted by molar-refractivity contribution is 7.10. The maximum Gasteiger partial charge on any atom is 0.0711 e. The lowest BCUT2D eigenvalue weighted by molar-refractivity contribution is 0.102. The Morgan fingerprint density at radius 1 is 1.67 bits per heavy atom. The molecule has 0 aromatic carbocycles. The molecule has 1 atom stereocenters. The van der Waals surface area contributed by atoms with Crippen LogP contribution in [0.1, 0.15) is 18.7 Å². The van der Waals surface area contributed by atoms with Gasteiger partial charge in [0, 0.05) is 11.5 Å². The van der Waals surface area contributed by atoms with Gasteiger partial charge in [0.05, 0.1) is 12.1 Å². The molecule has 0 bridgehead atoms. The van der Waals surface area contributed by atoms with Gasteiger partial charge in [0.1, 0.15) is 0 Å². The van der Waals surface area contributed by atoms with Crippen LogP contribution in [0.15, 0.2) is 17.5 Å². The summed E-state index contributed by atoms with van der Waals surface area (Å²) in [4.78, 5) is 1.18. The molecule has 0 radical (unpaired) electrons. The number of thiophene rings is 1. The van der Waals surface area contributed by atoms with Gasteiger partial charge in [0.25, 0.3) is 0 Å². The lowest BCUT2D eigenvalue weighted by Gasteiger charge is -2.22. The molecule has 2 nitrogen and oxygen atoms in total. The minimum atomic E-state index is -0.329. The molecule has 12 heavy (non-hydrogen) atoms. The van der Waals surface area contributed by atoms with Crippen molar-refractivity contribution in [2.75, 3.05) is 13.2 Å². The van der Waals surface area contributed by atoms with Gasteiger partial charge in [-0.25, -0.2) is 0 Å². The SMILES string of the molecule is CCOCC(C)(N)c1cccs1. The highest BCUT2D eigenvalue weighted by Gasteiger charge is 2.21. The molecule has 0 saturated carbocycles. The van der Waals surface area contributed by atoms with Crippen LogP contribution in [0.4, 0.5) is 0 Å². The van der Waals surface area contributed by atoms with Gasteiger partial charge in [-0.3, -0.25) is 0 Å². The predicted molar refractivity (Wildman–Crippen MR) is 52.4 cm³/mol. The predicted octanol–water partition coefficient (Wildman–Crippen LogP) is 1.96. The van der Waals surface area contributed by atoms with E-state index in [1.807, 2.05) is 31.4 Å². The smallest absolute Gasteiger partial charge is 0.0711 e. The van der Waals surface area contributed by atoms with E-state index in [0.717, 1.165) is 6.61 Å². The third-order valence-corrected chi connectivity index (χ3v) is 2.84. The topological polar surface area (TPSA) is 35.2 Å². The average Bonchev–Trinajstić information content (AvgIpc) is 2.53. The molecule has 0 amide bonds. The van der Waals surface area contributed by atoms with Gasteiger partial charge in [-0.2, -0.15) is 0 Å². The summed E-state index contributed by atoms with van der Waals surface area (Å²) < 4.78 is 5.30. The zero-order valence-electron chi connectivity index (χ0n) is 7.54. The fraction of sp³-hybridized carbons (Fsp3) is 0.556. The quantitative estimate of drug-likeness (QED) is 0.778. The lowest BCUT2D eigenvalue weighted by atomic mass is 10.0. The molecule has 0 aliphatic rings. The maximum absolute atomic E-state index is 6.05. The van der Waals surface area contributed by atoms with E-state index >= 15 is 0 Å². The van der Waals surface area contributed by atoms with Crippen LogP contribution in [-0.4, -0.2) is 13.2 Å². The number of nitrogens with two attached hydrogens (primary N) is 1. The first-order chi connectivity index (χ1) is 5.67. The molecule has 68 valence electrons. The van der Waals surface area contributed by atoms with Crippen LogP contribution in [-0.2, 0) is 10.3 Å². The van der Waals surface area contributed by atoms with E-state index in [2.05, 4.69) is 0 Å². The normalized spacial score (nSPS) is 15.9. The fourth-order valence-electron chi connectivity index (χ4n) is 0.989. The highest BCUT2D eigenvalue weighted by Crippen LogP contribution is 2.22. The lowest BCUT2D eigenvalue weighted by Crippen LogP contribution is -2.37. The van der Waals surface area contributed by atoms with Crippen molar-refractivity contribution in [3.05, 3.63) is 22.4 Å². The molecule has 1 aromatic heterocycles. The molecule has 2 N–H and O–H groups in total. The monoisotopic (exact) mass is 185 g/mol. The van der Waals surface area contributed by atoms with Crippen LogP contribution in [0, 0.1) is 0 Å². The molecule has 1 rings (SSSR count). The molecule has 3 heteroatoms. The van der Waals surface area contributed by atoms with Gasteiger partial charge in [0.2, 0.25) is 0 Å². The Morgan fingerprint density at radius 2 is 2.42 bits per heavy atom. The Hall–Kier alpha value is -0.380. The summed E-state index contributed by atoms with van der Waals surface area (Å²) in [6.07, 6.45) is 0. The van der Waals surface area contributed by atoms with Gasteiger partial charge in [0.15, 0.2) is 0 Å². The molecule has 0 fully saturated rings. The van der Waals surface area contributed by atoms with Crippen molar-refractivity contribution in [3.8, 4) is 0 Å². The van der Waals surface area contributed by atoms with Crippen molar-refractivity contribution in [1.29, 1.82) is 0 Å². The first-order valence-corrected chi connectivity index (χ1v) is 4.95. The van der Waals surface area contributed by atoms with Crippen LogP contribution in [0.3, 0.4) is 0 Å². The summed E-state index contributed by atoms with van der Waals surface area (Å²) in [5.41, 5.74) is 5.72. The first-order valence-electron chi connectivity index (χ1n) is 4.07. The molecule has 0 aliphatic carbocycles. The molecular formula is C9H15NOS. The van der Waals surface area contributed by atoms with E-state index < -0.39 is 0 Å². The molecule has 0 spiro atoms. The average molecular weight is 185 g/mol. The third-order valence-electron chi connectivity index (χ3n) is 1.69. The van der Waals surface area contributed by atoms with Crippen LogP contribution >= 0.6 is 11.3 Å². The van der Waals surface area contributed by atoms with E-state index in [4.69, 9.17) is 10.5 Å². The molecule has 1 unspecified atom stereocenters. The van der Waals surface area contributed by atoms with E-state index in [1.165, 1.54) is 4.88 Å². The van der Waals surface area contributed by atoms with E-state index in [1.54, 1.807) is 11.3 Å². The fourth-order valence-corrected chi connectivity index (χ4v) is 1.78. The van der Waals surface area contributed by atoms with Gasteiger partial charge >= 0.3 is 0 Å². The van der Waals surface area contributed by atoms with Crippen LogP contribution < -0.4 is 5.73 Å². The zero-order valence-corrected chi connectivity index (χ0v) is 8.36. The second kappa shape index (κ2) is 4.03. The number of rotatable bonds is 4. The molecular weight excluding hydrogens is 170 g/mol. The molecule has 0 saturated heterocycles. The van der Waals surface area contributed by atoms with Crippen molar-refractivity contribution in [3.63, 3.8) is 0 Å². The zero-order chi connectivity index (χ0) is 9.03. The summed E-state index contributed by atoms with van der Waals surface area (Å²) in [7, 11) is 0. The van der Waals surface area contributed by atoms with Gasteiger partial charge in [-0.15, -0.1) is 11.3 Å². The van der Waals surface area contributed by atoms with Crippen LogP contribution in [0.5, 0.6) is 0 Å². The van der Waals surface area contributed by atoms with Crippen molar-refractivity contribution < 1.29 is 4.74 Å². The summed E-state index contributed by atoms with van der Waals surface area (Å²) in [6.45, 7) is 5.28. The molecule has 0 aliphatic heterocycles. The Labute approximate surface area is 77.3 Å². The van der Waals surface area contributed by atoms with Crippen molar-refractivity contribution in [1.82, 2.24) is 0 Å². The van der Waals surface area contributed by atoms with Gasteiger partial charge in [-0.1, -0.05) is 6.07 Å². The minimum Gasteiger partial charge on any atom is -0.379 e. The van der Waals surface area contributed by atoms with Crippen LogP contribution in [0.2, 0.25) is 0 Å². The molecule has 1 heterocycles.